The predicted octanol–water partition coefficient (Wildman–Crippen LogP) is 6.19. The molecule has 0 saturated carbocycles. The van der Waals surface area contributed by atoms with Crippen LogP contribution in [0.5, 0.6) is 0 Å². The lowest BCUT2D eigenvalue weighted by molar-refractivity contribution is -0.172. The first-order valence-corrected chi connectivity index (χ1v) is 27.3. The van der Waals surface area contributed by atoms with Crippen molar-refractivity contribution >= 4 is 58.9 Å². The molecule has 2 N–H and O–H groups in total. The van der Waals surface area contributed by atoms with Gasteiger partial charge in [0.25, 0.3) is 5.56 Å². The number of phosphoric ester groups is 2. The lowest BCUT2D eigenvalue weighted by Crippen LogP contribution is -2.43. The number of aromatic nitrogens is 4. The number of phosphoric acid groups is 2. The molecule has 0 radical (unpaired) electrons. The number of ether oxygens (including phenoxy) is 3. The van der Waals surface area contributed by atoms with Crippen LogP contribution in [0.3, 0.4) is 0 Å². The third-order valence-electron chi connectivity index (χ3n) is 10.1. The molecule has 0 aliphatic carbocycles. The second kappa shape index (κ2) is 25.3. The Morgan fingerprint density at radius 1 is 0.836 bits per heavy atom. The molecule has 2 unspecified atom stereocenters. The van der Waals surface area contributed by atoms with Crippen LogP contribution in [0.2, 0.25) is 18.1 Å². The topological polar surface area (TPSA) is 325 Å². The molecule has 67 heavy (non-hydrogen) atoms. The Labute approximate surface area is 390 Å². The number of carbonyl (C=O) groups is 3. The number of nitriles is 3. The maximum absolute atomic E-state index is 14.6. The fourth-order valence-electron chi connectivity index (χ4n) is 5.27. The summed E-state index contributed by atoms with van der Waals surface area (Å²) in [6, 6.07) is 5.57. The second-order valence-corrected chi connectivity index (χ2v) is 25.7. The lowest BCUT2D eigenvalue weighted by Gasteiger charge is -2.37. The molecule has 1 aliphatic heterocycles. The summed E-state index contributed by atoms with van der Waals surface area (Å²) in [5.74, 6) is -4.06. The van der Waals surface area contributed by atoms with Crippen LogP contribution < -0.4 is 10.9 Å². The smallest absolute Gasteiger partial charge is 0.455 e. The summed E-state index contributed by atoms with van der Waals surface area (Å²) in [5.41, 5.74) is -1.05. The summed E-state index contributed by atoms with van der Waals surface area (Å²) >= 11 is 0. The number of imidazole rings is 1. The average molecular weight is 1000 g/mol. The zero-order valence-electron chi connectivity index (χ0n) is 39.7. The minimum absolute atomic E-state index is 0.126. The van der Waals surface area contributed by atoms with Crippen LogP contribution in [0.15, 0.2) is 11.1 Å². The van der Waals surface area contributed by atoms with Crippen molar-refractivity contribution in [1.82, 2.24) is 19.5 Å². The summed E-state index contributed by atoms with van der Waals surface area (Å²) in [6.07, 6.45) is -6.73. The predicted molar refractivity (Wildman–Crippen MR) is 239 cm³/mol. The van der Waals surface area contributed by atoms with Crippen molar-refractivity contribution < 1.29 is 69.3 Å². The molecule has 3 heterocycles. The Kier molecular flexibility index (Phi) is 21.5. The molecule has 1 fully saturated rings. The maximum atomic E-state index is 14.6. The van der Waals surface area contributed by atoms with Gasteiger partial charge in [0.1, 0.15) is 12.2 Å². The Bertz CT molecular complexity index is 2270. The highest BCUT2D eigenvalue weighted by atomic mass is 31.2. The SMILES string of the molecule is CC(C)C(=O)Nc1nc2c(ncn2[C@@H]2O[C@H](COP(=O)(OCCC#N)OCC(CO[Si](C)(C)C(C)(C)C)OP(=O)(OCCC#N)OCCC#N)[C@@H](OC(=O)C(C)C)[C@H]2OC(=O)C(C)C)c(=O)[nH]1. The molecule has 0 spiro atoms. The second-order valence-electron chi connectivity index (χ2n) is 17.6. The fourth-order valence-corrected chi connectivity index (χ4v) is 8.84. The number of fused-ring (bicyclic) bond motifs is 1. The van der Waals surface area contributed by atoms with Crippen LogP contribution in [-0.2, 0) is 69.3 Å². The van der Waals surface area contributed by atoms with E-state index in [0.29, 0.717) is 0 Å². The number of rotatable bonds is 27. The van der Waals surface area contributed by atoms with Gasteiger partial charge in [-0.3, -0.25) is 61.2 Å². The molecule has 6 atom stereocenters. The van der Waals surface area contributed by atoms with E-state index < -0.39 is 116 Å². The minimum Gasteiger partial charge on any atom is -0.455 e. The molecule has 1 saturated heterocycles. The number of nitrogens with zero attached hydrogens (tertiary/aromatic N) is 6. The van der Waals surface area contributed by atoms with E-state index in [1.807, 2.05) is 52.1 Å². The van der Waals surface area contributed by atoms with Crippen molar-refractivity contribution in [2.24, 2.45) is 17.8 Å². The number of aromatic amines is 1. The number of hydrogen-bond acceptors (Lipinski definition) is 21. The van der Waals surface area contributed by atoms with Crippen LogP contribution in [0.1, 0.15) is 87.8 Å². The van der Waals surface area contributed by atoms with E-state index in [-0.39, 0.29) is 61.2 Å². The molecule has 1 amide bonds. The maximum Gasteiger partial charge on any atom is 0.475 e. The quantitative estimate of drug-likeness (QED) is 0.0436. The first kappa shape index (κ1) is 56.9. The van der Waals surface area contributed by atoms with Gasteiger partial charge in [-0.15, -0.1) is 0 Å². The third kappa shape index (κ3) is 16.7. The summed E-state index contributed by atoms with van der Waals surface area (Å²) in [4.78, 5) is 63.3. The van der Waals surface area contributed by atoms with Gasteiger partial charge >= 0.3 is 27.6 Å². The van der Waals surface area contributed by atoms with Crippen molar-refractivity contribution in [2.75, 3.05) is 45.0 Å². The average Bonchev–Trinajstić information content (AvgIpc) is 3.81. The van der Waals surface area contributed by atoms with Crippen LogP contribution in [0.25, 0.3) is 11.2 Å². The van der Waals surface area contributed by atoms with E-state index in [1.54, 1.807) is 41.5 Å². The van der Waals surface area contributed by atoms with Gasteiger partial charge in [0.15, 0.2) is 37.9 Å². The Morgan fingerprint density at radius 3 is 1.88 bits per heavy atom. The standard InChI is InChI=1S/C40H62N8O16P2Si/c1-25(2)34(49)46-39-45-33-30(35(50)47-39)44-24-48(33)36-32(63-38(52)27(5)6)31(62-37(51)26(3)4)29(61-36)23-59-65(53,55-18-12-15-41)58-21-28(22-60-67(10,11)40(7,8)9)64-66(54,56-19-13-16-42)57-20-14-17-43/h24-29,31-32,36H,12-14,18-23H2,1-11H3,(H2,45,46,47,49,50)/t28?,29-,31-,32-,36-,65?/m1/s1. The van der Waals surface area contributed by atoms with E-state index in [9.17, 15) is 33.6 Å². The molecule has 0 bridgehead atoms. The normalized spacial score (nSPS) is 19.1. The van der Waals surface area contributed by atoms with Crippen molar-refractivity contribution in [2.45, 2.75) is 130 Å². The first-order valence-electron chi connectivity index (χ1n) is 21.5. The van der Waals surface area contributed by atoms with Crippen molar-refractivity contribution in [1.29, 1.82) is 15.8 Å². The Balaban J connectivity index is 2.09. The van der Waals surface area contributed by atoms with Gasteiger partial charge < -0.3 is 18.6 Å². The number of hydrogen-bond donors (Lipinski definition) is 2. The molecule has 1 aliphatic rings. The van der Waals surface area contributed by atoms with Crippen LogP contribution >= 0.6 is 15.6 Å². The summed E-state index contributed by atoms with van der Waals surface area (Å²) in [6.45, 7) is 16.3. The molecule has 3 rings (SSSR count). The van der Waals surface area contributed by atoms with E-state index in [0.717, 1.165) is 0 Å². The minimum atomic E-state index is -4.84. The first-order chi connectivity index (χ1) is 31.3. The largest absolute Gasteiger partial charge is 0.475 e. The van der Waals surface area contributed by atoms with Gasteiger partial charge in [-0.2, -0.15) is 20.8 Å². The highest BCUT2D eigenvalue weighted by molar-refractivity contribution is 7.48. The molecule has 2 aromatic heterocycles. The Hall–Kier alpha value is -4.41. The van der Waals surface area contributed by atoms with Gasteiger partial charge in [-0.05, 0) is 18.1 Å². The van der Waals surface area contributed by atoms with Crippen molar-refractivity contribution in [3.8, 4) is 18.2 Å². The highest BCUT2D eigenvalue weighted by Gasteiger charge is 2.52. The van der Waals surface area contributed by atoms with Gasteiger partial charge in [0.05, 0.1) is 95.3 Å². The number of amides is 1. The lowest BCUT2D eigenvalue weighted by atomic mass is 10.1. The number of anilines is 1. The van der Waals surface area contributed by atoms with Gasteiger partial charge in [-0.1, -0.05) is 62.3 Å². The molecular weight excluding hydrogens is 939 g/mol. The zero-order chi connectivity index (χ0) is 50.3. The number of nitrogens with one attached hydrogen (secondary N) is 2. The van der Waals surface area contributed by atoms with Crippen molar-refractivity contribution in [3.63, 3.8) is 0 Å². The van der Waals surface area contributed by atoms with Gasteiger partial charge in [0.2, 0.25) is 11.9 Å². The highest BCUT2D eigenvalue weighted by Crippen LogP contribution is 2.54. The number of esters is 2. The van der Waals surface area contributed by atoms with Gasteiger partial charge in [0, 0.05) is 5.92 Å². The molecule has 372 valence electrons. The summed E-state index contributed by atoms with van der Waals surface area (Å²) in [7, 11) is -12.0. The van der Waals surface area contributed by atoms with E-state index >= 15 is 0 Å². The third-order valence-corrected chi connectivity index (χ3v) is 17.6. The summed E-state index contributed by atoms with van der Waals surface area (Å²) in [5, 5.41) is 29.7. The monoisotopic (exact) mass is 1000 g/mol. The van der Waals surface area contributed by atoms with Crippen LogP contribution in [0, 0.1) is 51.7 Å². The Morgan fingerprint density at radius 2 is 1.37 bits per heavy atom. The molecule has 27 heteroatoms. The van der Waals surface area contributed by atoms with Gasteiger partial charge in [-0.25, -0.2) is 14.1 Å². The van der Waals surface area contributed by atoms with E-state index in [2.05, 4.69) is 20.3 Å². The van der Waals surface area contributed by atoms with E-state index in [1.165, 1.54) is 10.9 Å². The van der Waals surface area contributed by atoms with E-state index in [4.69, 9.17) is 56.3 Å². The van der Waals surface area contributed by atoms with Crippen LogP contribution in [0.4, 0.5) is 5.95 Å². The molecular formula is C40H62N8O16P2Si. The zero-order valence-corrected chi connectivity index (χ0v) is 42.5. The molecule has 0 aromatic carbocycles. The number of H-pyrrole nitrogens is 1. The summed E-state index contributed by atoms with van der Waals surface area (Å²) < 4.78 is 87.9. The molecule has 24 nitrogen and oxygen atoms in total. The number of carbonyl (C=O) groups excluding carboxylic acids is 3. The van der Waals surface area contributed by atoms with Crippen molar-refractivity contribution in [3.05, 3.63) is 16.7 Å². The fraction of sp³-hybridized carbons (Fsp3) is 0.725. The van der Waals surface area contributed by atoms with Crippen LogP contribution in [-0.4, -0.2) is 110 Å². The molecule has 2 aromatic rings.